The highest BCUT2D eigenvalue weighted by Gasteiger charge is 2.26. The maximum atomic E-state index is 12.4. The second kappa shape index (κ2) is 7.27. The van der Waals surface area contributed by atoms with Crippen molar-refractivity contribution in [2.45, 2.75) is 6.42 Å². The van der Waals surface area contributed by atoms with Gasteiger partial charge in [0.2, 0.25) is 0 Å². The highest BCUT2D eigenvalue weighted by atomic mass is 16.3. The minimum Gasteiger partial charge on any atom is -0.396 e. The summed E-state index contributed by atoms with van der Waals surface area (Å²) in [6, 6.07) is 15.9. The molecule has 5 heteroatoms. The van der Waals surface area contributed by atoms with Gasteiger partial charge in [-0.1, -0.05) is 18.2 Å². The maximum Gasteiger partial charge on any atom is 0.255 e. The molecule has 1 fully saturated rings. The van der Waals surface area contributed by atoms with Gasteiger partial charge in [0.1, 0.15) is 0 Å². The molecule has 1 heterocycles. The Morgan fingerprint density at radius 1 is 1.04 bits per heavy atom. The number of likely N-dealkylation sites (tertiary alicyclic amines) is 1. The Morgan fingerprint density at radius 2 is 1.71 bits per heavy atom. The molecule has 0 radical (unpaired) electrons. The summed E-state index contributed by atoms with van der Waals surface area (Å²) in [6.07, 6.45) is 0.833. The number of carbonyl (C=O) groups excluding carboxylic acids is 2. The predicted molar refractivity (Wildman–Crippen MR) is 91.9 cm³/mol. The number of hydrogen-bond acceptors (Lipinski definition) is 3. The fourth-order valence-corrected chi connectivity index (χ4v) is 2.84. The number of benzene rings is 2. The first-order valence-electron chi connectivity index (χ1n) is 8.04. The number of nitrogens with one attached hydrogen (secondary N) is 1. The lowest BCUT2D eigenvalue weighted by atomic mass is 10.1. The van der Waals surface area contributed by atoms with Crippen LogP contribution in [0.25, 0.3) is 0 Å². The van der Waals surface area contributed by atoms with Gasteiger partial charge >= 0.3 is 0 Å². The number of aliphatic hydroxyl groups excluding tert-OH is 1. The number of nitrogens with zero attached hydrogens (tertiary/aromatic N) is 1. The molecule has 1 unspecified atom stereocenters. The van der Waals surface area contributed by atoms with E-state index >= 15 is 0 Å². The number of para-hydroxylation sites is 1. The van der Waals surface area contributed by atoms with Crippen LogP contribution in [-0.4, -0.2) is 41.5 Å². The number of rotatable bonds is 4. The maximum absolute atomic E-state index is 12.4. The van der Waals surface area contributed by atoms with Gasteiger partial charge in [-0.2, -0.15) is 0 Å². The van der Waals surface area contributed by atoms with E-state index in [1.165, 1.54) is 0 Å². The van der Waals surface area contributed by atoms with E-state index in [2.05, 4.69) is 5.32 Å². The standard InChI is InChI=1S/C19H20N2O3/c22-13-14-10-11-21(12-14)19(24)16-8-6-15(7-9-16)18(23)20-17-4-2-1-3-5-17/h1-9,14,22H,10-13H2,(H,20,23). The van der Waals surface area contributed by atoms with Crippen LogP contribution in [-0.2, 0) is 0 Å². The minimum atomic E-state index is -0.207. The first-order chi connectivity index (χ1) is 11.7. The van der Waals surface area contributed by atoms with E-state index < -0.39 is 0 Å². The van der Waals surface area contributed by atoms with E-state index in [9.17, 15) is 14.7 Å². The largest absolute Gasteiger partial charge is 0.396 e. The molecule has 0 aliphatic carbocycles. The summed E-state index contributed by atoms with van der Waals surface area (Å²) in [6.45, 7) is 1.37. The first-order valence-corrected chi connectivity index (χ1v) is 8.04. The molecule has 24 heavy (non-hydrogen) atoms. The molecule has 2 aromatic carbocycles. The zero-order valence-corrected chi connectivity index (χ0v) is 13.3. The van der Waals surface area contributed by atoms with Crippen LogP contribution in [0.15, 0.2) is 54.6 Å². The van der Waals surface area contributed by atoms with Crippen molar-refractivity contribution < 1.29 is 14.7 Å². The van der Waals surface area contributed by atoms with Crippen molar-refractivity contribution in [3.8, 4) is 0 Å². The fraction of sp³-hybridized carbons (Fsp3) is 0.263. The molecule has 0 bridgehead atoms. The third-order valence-corrected chi connectivity index (χ3v) is 4.26. The third kappa shape index (κ3) is 3.63. The van der Waals surface area contributed by atoms with Crippen molar-refractivity contribution in [2.24, 2.45) is 5.92 Å². The van der Waals surface area contributed by atoms with Crippen LogP contribution in [0.3, 0.4) is 0 Å². The van der Waals surface area contributed by atoms with E-state index in [1.54, 1.807) is 29.2 Å². The van der Waals surface area contributed by atoms with Crippen molar-refractivity contribution in [2.75, 3.05) is 25.0 Å². The zero-order chi connectivity index (χ0) is 16.9. The average molecular weight is 324 g/mol. The molecular formula is C19H20N2O3. The predicted octanol–water partition coefficient (Wildman–Crippen LogP) is 2.39. The molecule has 2 N–H and O–H groups in total. The van der Waals surface area contributed by atoms with Crippen LogP contribution in [0.1, 0.15) is 27.1 Å². The summed E-state index contributed by atoms with van der Waals surface area (Å²) in [5.74, 6) is -0.0902. The van der Waals surface area contributed by atoms with Gasteiger partial charge in [0.05, 0.1) is 0 Å². The molecule has 1 saturated heterocycles. The Labute approximate surface area is 140 Å². The van der Waals surface area contributed by atoms with Crippen LogP contribution in [0, 0.1) is 5.92 Å². The number of hydrogen-bond donors (Lipinski definition) is 2. The molecule has 0 saturated carbocycles. The third-order valence-electron chi connectivity index (χ3n) is 4.26. The van der Waals surface area contributed by atoms with Crippen molar-refractivity contribution in [1.29, 1.82) is 0 Å². The molecule has 1 aliphatic rings. The summed E-state index contributed by atoms with van der Waals surface area (Å²) < 4.78 is 0. The minimum absolute atomic E-state index is 0.0547. The smallest absolute Gasteiger partial charge is 0.255 e. The van der Waals surface area contributed by atoms with Crippen molar-refractivity contribution >= 4 is 17.5 Å². The Kier molecular flexibility index (Phi) is 4.91. The van der Waals surface area contributed by atoms with Crippen LogP contribution in [0.2, 0.25) is 0 Å². The molecule has 3 rings (SSSR count). The zero-order valence-electron chi connectivity index (χ0n) is 13.3. The van der Waals surface area contributed by atoms with Gasteiger partial charge in [0.15, 0.2) is 0 Å². The lowest BCUT2D eigenvalue weighted by Crippen LogP contribution is -2.29. The van der Waals surface area contributed by atoms with Crippen LogP contribution in [0.4, 0.5) is 5.69 Å². The lowest BCUT2D eigenvalue weighted by Gasteiger charge is -2.16. The average Bonchev–Trinajstić information content (AvgIpc) is 3.11. The molecule has 5 nitrogen and oxygen atoms in total. The molecule has 124 valence electrons. The van der Waals surface area contributed by atoms with Crippen molar-refractivity contribution in [3.63, 3.8) is 0 Å². The monoisotopic (exact) mass is 324 g/mol. The molecule has 2 aromatic rings. The van der Waals surface area contributed by atoms with Gasteiger partial charge in [-0.15, -0.1) is 0 Å². The number of anilines is 1. The van der Waals surface area contributed by atoms with Gasteiger partial charge < -0.3 is 15.3 Å². The van der Waals surface area contributed by atoms with Gasteiger partial charge in [-0.05, 0) is 42.8 Å². The Hall–Kier alpha value is -2.66. The van der Waals surface area contributed by atoms with Crippen LogP contribution < -0.4 is 5.32 Å². The molecular weight excluding hydrogens is 304 g/mol. The van der Waals surface area contributed by atoms with E-state index in [4.69, 9.17) is 0 Å². The van der Waals surface area contributed by atoms with Gasteiger partial charge in [-0.25, -0.2) is 0 Å². The second-order valence-corrected chi connectivity index (χ2v) is 5.99. The van der Waals surface area contributed by atoms with Crippen LogP contribution in [0.5, 0.6) is 0 Å². The van der Waals surface area contributed by atoms with E-state index in [1.807, 2.05) is 30.3 Å². The quantitative estimate of drug-likeness (QED) is 0.907. The highest BCUT2D eigenvalue weighted by molar-refractivity contribution is 6.05. The van der Waals surface area contributed by atoms with E-state index in [0.717, 1.165) is 12.1 Å². The second-order valence-electron chi connectivity index (χ2n) is 5.99. The Morgan fingerprint density at radius 3 is 2.33 bits per heavy atom. The number of carbonyl (C=O) groups is 2. The van der Waals surface area contributed by atoms with E-state index in [0.29, 0.717) is 24.2 Å². The fourth-order valence-electron chi connectivity index (χ4n) is 2.84. The number of aliphatic hydroxyl groups is 1. The van der Waals surface area contributed by atoms with Gasteiger partial charge in [0, 0.05) is 42.4 Å². The summed E-state index contributed by atoms with van der Waals surface area (Å²) in [7, 11) is 0. The van der Waals surface area contributed by atoms with Crippen LogP contribution >= 0.6 is 0 Å². The normalized spacial score (nSPS) is 16.9. The van der Waals surface area contributed by atoms with E-state index in [-0.39, 0.29) is 24.3 Å². The first kappa shape index (κ1) is 16.2. The Bertz CT molecular complexity index is 713. The van der Waals surface area contributed by atoms with Crippen molar-refractivity contribution in [1.82, 2.24) is 4.90 Å². The molecule has 0 spiro atoms. The SMILES string of the molecule is O=C(Nc1ccccc1)c1ccc(C(=O)N2CCC(CO)C2)cc1. The topological polar surface area (TPSA) is 69.6 Å². The molecule has 1 atom stereocenters. The molecule has 2 amide bonds. The van der Waals surface area contributed by atoms with Gasteiger partial charge in [0.25, 0.3) is 11.8 Å². The highest BCUT2D eigenvalue weighted by Crippen LogP contribution is 2.18. The summed E-state index contributed by atoms with van der Waals surface area (Å²) in [5.41, 5.74) is 1.80. The summed E-state index contributed by atoms with van der Waals surface area (Å²) in [5, 5.41) is 12.0. The number of amides is 2. The summed E-state index contributed by atoms with van der Waals surface area (Å²) >= 11 is 0. The molecule has 1 aliphatic heterocycles. The summed E-state index contributed by atoms with van der Waals surface area (Å²) in [4.78, 5) is 26.4. The lowest BCUT2D eigenvalue weighted by molar-refractivity contribution is 0.0781. The van der Waals surface area contributed by atoms with Gasteiger partial charge in [-0.3, -0.25) is 9.59 Å². The molecule has 0 aromatic heterocycles. The Balaban J connectivity index is 1.65. The van der Waals surface area contributed by atoms with Crippen molar-refractivity contribution in [3.05, 3.63) is 65.7 Å².